The van der Waals surface area contributed by atoms with Gasteiger partial charge in [-0.05, 0) is 42.0 Å². The quantitative estimate of drug-likeness (QED) is 0.232. The van der Waals surface area contributed by atoms with E-state index in [9.17, 15) is 26.4 Å². The van der Waals surface area contributed by atoms with Crippen LogP contribution in [0.4, 0.5) is 18.9 Å². The molecular weight excluding hydrogens is 581 g/mol. The van der Waals surface area contributed by atoms with Crippen LogP contribution in [0.5, 0.6) is 5.75 Å². The molecule has 0 fully saturated rings. The van der Waals surface area contributed by atoms with E-state index in [4.69, 9.17) is 27.9 Å². The summed E-state index contributed by atoms with van der Waals surface area (Å²) >= 11 is 6.51. The number of anilines is 1. The average Bonchev–Trinajstić information content (AvgIpc) is 2.90. The molecule has 2 aromatic carbocycles. The molecule has 0 saturated carbocycles. The number of ether oxygens (including phenoxy) is 1. The second-order valence-corrected chi connectivity index (χ2v) is 12.3. The number of hydrogen-bond acceptors (Lipinski definition) is 5. The SMILES string of the molecule is C#Cc1cc(C(F)(F)F)ncc1-c1cc(S(=O)(=O)N2CCC(C)(C)c3ccccc32)c(OCCCC(=O)O)cc1Cl. The number of sulfonamides is 1. The molecule has 0 bridgehead atoms. The summed E-state index contributed by atoms with van der Waals surface area (Å²) in [4.78, 5) is 14.1. The maximum atomic E-state index is 14.3. The highest BCUT2D eigenvalue weighted by Gasteiger charge is 2.38. The zero-order valence-corrected chi connectivity index (χ0v) is 23.7. The van der Waals surface area contributed by atoms with Crippen molar-refractivity contribution in [3.63, 3.8) is 0 Å². The molecule has 0 aliphatic carbocycles. The van der Waals surface area contributed by atoms with Gasteiger partial charge in [-0.25, -0.2) is 8.42 Å². The topological polar surface area (TPSA) is 96.8 Å². The van der Waals surface area contributed by atoms with Crippen molar-refractivity contribution >= 4 is 33.3 Å². The minimum absolute atomic E-state index is 0.0274. The lowest BCUT2D eigenvalue weighted by Gasteiger charge is -2.39. The molecule has 1 aliphatic rings. The Kier molecular flexibility index (Phi) is 8.30. The van der Waals surface area contributed by atoms with Crippen LogP contribution in [0.2, 0.25) is 5.02 Å². The van der Waals surface area contributed by atoms with Crippen LogP contribution in [0.1, 0.15) is 49.9 Å². The molecule has 41 heavy (non-hydrogen) atoms. The highest BCUT2D eigenvalue weighted by Crippen LogP contribution is 2.45. The summed E-state index contributed by atoms with van der Waals surface area (Å²) in [6.45, 7) is 4.07. The Morgan fingerprint density at radius 2 is 1.93 bits per heavy atom. The van der Waals surface area contributed by atoms with Crippen molar-refractivity contribution in [1.29, 1.82) is 0 Å². The molecule has 7 nitrogen and oxygen atoms in total. The maximum absolute atomic E-state index is 14.3. The number of benzene rings is 2. The lowest BCUT2D eigenvalue weighted by Crippen LogP contribution is -2.41. The van der Waals surface area contributed by atoms with Gasteiger partial charge in [-0.2, -0.15) is 13.2 Å². The molecule has 0 atom stereocenters. The maximum Gasteiger partial charge on any atom is 0.433 e. The first-order valence-electron chi connectivity index (χ1n) is 12.5. The molecule has 3 aromatic rings. The molecule has 2 heterocycles. The highest BCUT2D eigenvalue weighted by atomic mass is 35.5. The molecular formula is C29H26ClF3N2O5S. The second-order valence-electron chi connectivity index (χ2n) is 10.1. The number of carbonyl (C=O) groups is 1. The van der Waals surface area contributed by atoms with E-state index >= 15 is 0 Å². The van der Waals surface area contributed by atoms with Gasteiger partial charge in [0.25, 0.3) is 10.0 Å². The lowest BCUT2D eigenvalue weighted by atomic mass is 9.78. The summed E-state index contributed by atoms with van der Waals surface area (Å²) in [5.74, 6) is 1.03. The molecule has 1 aromatic heterocycles. The molecule has 0 saturated heterocycles. The van der Waals surface area contributed by atoms with Crippen LogP contribution in [0.15, 0.2) is 53.6 Å². The summed E-state index contributed by atoms with van der Waals surface area (Å²) in [5.41, 5.74) is -0.297. The molecule has 0 amide bonds. The predicted molar refractivity (Wildman–Crippen MR) is 149 cm³/mol. The van der Waals surface area contributed by atoms with Crippen molar-refractivity contribution < 1.29 is 36.2 Å². The number of aromatic nitrogens is 1. The smallest absolute Gasteiger partial charge is 0.433 e. The van der Waals surface area contributed by atoms with Crippen LogP contribution in [-0.2, 0) is 26.4 Å². The molecule has 0 unspecified atom stereocenters. The van der Waals surface area contributed by atoms with Gasteiger partial charge in [-0.3, -0.25) is 14.1 Å². The number of fused-ring (bicyclic) bond motifs is 1. The number of halogens is 4. The number of carboxylic acids is 1. The van der Waals surface area contributed by atoms with Gasteiger partial charge >= 0.3 is 12.1 Å². The summed E-state index contributed by atoms with van der Waals surface area (Å²) < 4.78 is 75.3. The van der Waals surface area contributed by atoms with E-state index in [2.05, 4.69) is 10.9 Å². The van der Waals surface area contributed by atoms with Crippen LogP contribution in [0.25, 0.3) is 11.1 Å². The minimum atomic E-state index is -4.74. The normalized spacial score (nSPS) is 14.7. The number of terminal acetylenes is 1. The number of hydrogen-bond donors (Lipinski definition) is 1. The molecule has 1 N–H and O–H groups in total. The molecule has 12 heteroatoms. The zero-order chi connectivity index (χ0) is 30.2. The van der Waals surface area contributed by atoms with Crippen molar-refractivity contribution in [2.45, 2.75) is 49.6 Å². The van der Waals surface area contributed by atoms with Gasteiger partial charge in [0.05, 0.1) is 17.3 Å². The lowest BCUT2D eigenvalue weighted by molar-refractivity contribution is -0.141. The van der Waals surface area contributed by atoms with Gasteiger partial charge < -0.3 is 9.84 Å². The standard InChI is InChI=1S/C29H26ClF3N2O5S/c1-4-18-14-26(29(31,32)33)34-17-20(18)19-15-25(24(16-22(19)30)40-13-7-10-27(36)37)41(38,39)35-12-11-28(2,3)21-8-5-6-9-23(21)35/h1,5-6,8-9,14-17H,7,10-13H2,2-3H3,(H,36,37). The molecule has 216 valence electrons. The number of para-hydroxylation sites is 1. The minimum Gasteiger partial charge on any atom is -0.492 e. The predicted octanol–water partition coefficient (Wildman–Crippen LogP) is 6.52. The van der Waals surface area contributed by atoms with E-state index < -0.39 is 27.9 Å². The van der Waals surface area contributed by atoms with Crippen LogP contribution in [0.3, 0.4) is 0 Å². The molecule has 1 aliphatic heterocycles. The van der Waals surface area contributed by atoms with Gasteiger partial charge in [0, 0.05) is 41.9 Å². The van der Waals surface area contributed by atoms with Gasteiger partial charge in [0.2, 0.25) is 0 Å². The van der Waals surface area contributed by atoms with Crippen molar-refractivity contribution in [3.05, 3.63) is 70.5 Å². The van der Waals surface area contributed by atoms with Gasteiger partial charge in [-0.1, -0.05) is 49.6 Å². The van der Waals surface area contributed by atoms with Crippen molar-refractivity contribution in [3.8, 4) is 29.2 Å². The van der Waals surface area contributed by atoms with Crippen LogP contribution >= 0.6 is 11.6 Å². The third-order valence-corrected chi connectivity index (χ3v) is 9.02. The van der Waals surface area contributed by atoms with E-state index in [1.54, 1.807) is 12.1 Å². The van der Waals surface area contributed by atoms with Crippen LogP contribution in [0, 0.1) is 12.3 Å². The fourth-order valence-corrected chi connectivity index (χ4v) is 6.56. The third kappa shape index (κ3) is 6.14. The Labute approximate surface area is 241 Å². The summed E-state index contributed by atoms with van der Waals surface area (Å²) in [6.07, 6.45) is 2.09. The number of pyridine rings is 1. The number of alkyl halides is 3. The fourth-order valence-electron chi connectivity index (χ4n) is 4.67. The summed E-state index contributed by atoms with van der Waals surface area (Å²) in [7, 11) is -4.33. The van der Waals surface area contributed by atoms with E-state index in [-0.39, 0.29) is 63.8 Å². The average molecular weight is 607 g/mol. The number of rotatable bonds is 8. The molecule has 0 radical (unpaired) electrons. The first-order chi connectivity index (χ1) is 19.2. The second kappa shape index (κ2) is 11.3. The third-order valence-electron chi connectivity index (χ3n) is 6.88. The number of nitrogens with zero attached hydrogens (tertiary/aromatic N) is 2. The number of aliphatic carboxylic acids is 1. The Hall–Kier alpha value is -3.75. The summed E-state index contributed by atoms with van der Waals surface area (Å²) in [6, 6.07) is 10.3. The first kappa shape index (κ1) is 30.2. The number of carboxylic acid groups (broad SMARTS) is 1. The Balaban J connectivity index is 1.89. The van der Waals surface area contributed by atoms with E-state index in [0.717, 1.165) is 11.8 Å². The molecule has 4 rings (SSSR count). The highest BCUT2D eigenvalue weighted by molar-refractivity contribution is 7.93. The Morgan fingerprint density at radius 3 is 2.59 bits per heavy atom. The van der Waals surface area contributed by atoms with E-state index in [1.807, 2.05) is 26.0 Å². The van der Waals surface area contributed by atoms with Crippen LogP contribution in [-0.4, -0.2) is 37.6 Å². The van der Waals surface area contributed by atoms with Gasteiger partial charge in [0.1, 0.15) is 16.3 Å². The van der Waals surface area contributed by atoms with Crippen molar-refractivity contribution in [1.82, 2.24) is 4.98 Å². The van der Waals surface area contributed by atoms with Crippen molar-refractivity contribution in [2.24, 2.45) is 0 Å². The summed E-state index contributed by atoms with van der Waals surface area (Å²) in [5, 5.41) is 8.91. The molecule has 0 spiro atoms. The largest absolute Gasteiger partial charge is 0.492 e. The monoisotopic (exact) mass is 606 g/mol. The Morgan fingerprint density at radius 1 is 1.22 bits per heavy atom. The fraction of sp³-hybridized carbons (Fsp3) is 0.310. The van der Waals surface area contributed by atoms with E-state index in [1.165, 1.54) is 16.4 Å². The van der Waals surface area contributed by atoms with Gasteiger partial charge in [0.15, 0.2) is 0 Å². The van der Waals surface area contributed by atoms with Crippen molar-refractivity contribution in [2.75, 3.05) is 17.5 Å². The van der Waals surface area contributed by atoms with E-state index in [0.29, 0.717) is 18.2 Å². The Bertz CT molecular complexity index is 1650. The first-order valence-corrected chi connectivity index (χ1v) is 14.3. The van der Waals surface area contributed by atoms with Gasteiger partial charge in [-0.15, -0.1) is 6.42 Å². The van der Waals surface area contributed by atoms with Crippen LogP contribution < -0.4 is 9.04 Å². The zero-order valence-electron chi connectivity index (χ0n) is 22.1.